The third-order valence-electron chi connectivity index (χ3n) is 1.65. The van der Waals surface area contributed by atoms with E-state index in [1.165, 1.54) is 6.92 Å². The van der Waals surface area contributed by atoms with Crippen LogP contribution in [0.1, 0.15) is 19.8 Å². The Morgan fingerprint density at radius 3 is 2.40 bits per heavy atom. The normalized spacial score (nSPS) is 28.9. The standard InChI is InChI=1S/C6H9F2NO/c1-4(10)9-5-2-3-6(5,7)8/h5H,2-3H2,1H3,(H,9,10). The fraction of sp³-hybridized carbons (Fsp3) is 0.833. The molecular formula is C6H9F2NO. The third kappa shape index (κ3) is 1.25. The molecule has 1 amide bonds. The maximum absolute atomic E-state index is 12.3. The predicted octanol–water partition coefficient (Wildman–Crippen LogP) is 0.920. The van der Waals surface area contributed by atoms with Gasteiger partial charge in [0.1, 0.15) is 0 Å². The van der Waals surface area contributed by atoms with Crippen LogP contribution in [0.2, 0.25) is 0 Å². The lowest BCUT2D eigenvalue weighted by Gasteiger charge is -2.36. The number of hydrogen-bond acceptors (Lipinski definition) is 1. The summed E-state index contributed by atoms with van der Waals surface area (Å²) in [5, 5.41) is 2.18. The second kappa shape index (κ2) is 2.18. The number of rotatable bonds is 1. The van der Waals surface area contributed by atoms with E-state index in [2.05, 4.69) is 5.32 Å². The number of halogens is 2. The molecule has 0 aromatic carbocycles. The van der Waals surface area contributed by atoms with Crippen molar-refractivity contribution < 1.29 is 13.6 Å². The number of amides is 1. The molecule has 1 saturated carbocycles. The van der Waals surface area contributed by atoms with Crippen LogP contribution < -0.4 is 5.32 Å². The van der Waals surface area contributed by atoms with Crippen LogP contribution in [0, 0.1) is 0 Å². The molecule has 1 aliphatic rings. The first-order chi connectivity index (χ1) is 4.52. The van der Waals surface area contributed by atoms with Gasteiger partial charge in [0.05, 0.1) is 6.04 Å². The Morgan fingerprint density at radius 1 is 1.70 bits per heavy atom. The fourth-order valence-electron chi connectivity index (χ4n) is 0.930. The van der Waals surface area contributed by atoms with E-state index in [0.717, 1.165) is 0 Å². The maximum Gasteiger partial charge on any atom is 0.267 e. The van der Waals surface area contributed by atoms with Crippen molar-refractivity contribution in [3.05, 3.63) is 0 Å². The lowest BCUT2D eigenvalue weighted by atomic mass is 9.88. The molecule has 1 N–H and O–H groups in total. The monoisotopic (exact) mass is 149 g/mol. The van der Waals surface area contributed by atoms with Gasteiger partial charge in [0.15, 0.2) is 0 Å². The molecule has 0 aromatic heterocycles. The van der Waals surface area contributed by atoms with Crippen molar-refractivity contribution in [2.75, 3.05) is 0 Å². The smallest absolute Gasteiger partial charge is 0.267 e. The quantitative estimate of drug-likeness (QED) is 0.590. The lowest BCUT2D eigenvalue weighted by Crippen LogP contribution is -2.54. The van der Waals surface area contributed by atoms with Gasteiger partial charge in [-0.1, -0.05) is 0 Å². The van der Waals surface area contributed by atoms with Crippen LogP contribution in [0.5, 0.6) is 0 Å². The van der Waals surface area contributed by atoms with E-state index in [0.29, 0.717) is 6.42 Å². The fourth-order valence-corrected chi connectivity index (χ4v) is 0.930. The molecule has 0 saturated heterocycles. The highest BCUT2D eigenvalue weighted by Crippen LogP contribution is 2.37. The number of carbonyl (C=O) groups excluding carboxylic acids is 1. The van der Waals surface area contributed by atoms with E-state index in [4.69, 9.17) is 0 Å². The molecule has 0 aromatic rings. The zero-order valence-electron chi connectivity index (χ0n) is 5.66. The second-order valence-corrected chi connectivity index (χ2v) is 2.55. The summed E-state index contributed by atoms with van der Waals surface area (Å²) in [7, 11) is 0. The van der Waals surface area contributed by atoms with Crippen molar-refractivity contribution in [1.82, 2.24) is 5.32 Å². The van der Waals surface area contributed by atoms with Gasteiger partial charge in [-0.2, -0.15) is 0 Å². The minimum Gasteiger partial charge on any atom is -0.348 e. The van der Waals surface area contributed by atoms with Gasteiger partial charge in [-0.15, -0.1) is 0 Å². The number of nitrogens with one attached hydrogen (secondary N) is 1. The number of alkyl halides is 2. The van der Waals surface area contributed by atoms with Crippen LogP contribution in [0.25, 0.3) is 0 Å². The minimum absolute atomic E-state index is 0.0993. The van der Waals surface area contributed by atoms with Crippen molar-refractivity contribution in [1.29, 1.82) is 0 Å². The van der Waals surface area contributed by atoms with Crippen LogP contribution in [-0.2, 0) is 4.79 Å². The van der Waals surface area contributed by atoms with Gasteiger partial charge in [0, 0.05) is 13.3 Å². The summed E-state index contributed by atoms with van der Waals surface area (Å²) >= 11 is 0. The van der Waals surface area contributed by atoms with Gasteiger partial charge in [0.2, 0.25) is 5.91 Å². The zero-order valence-corrected chi connectivity index (χ0v) is 5.66. The van der Waals surface area contributed by atoms with Crippen LogP contribution in [0.4, 0.5) is 8.78 Å². The van der Waals surface area contributed by atoms with Crippen molar-refractivity contribution >= 4 is 5.91 Å². The van der Waals surface area contributed by atoms with Gasteiger partial charge in [-0.3, -0.25) is 4.79 Å². The van der Waals surface area contributed by atoms with E-state index in [1.54, 1.807) is 0 Å². The molecule has 1 fully saturated rings. The molecule has 1 unspecified atom stereocenters. The summed E-state index contributed by atoms with van der Waals surface area (Å²) in [6.45, 7) is 1.24. The Labute approximate surface area is 57.6 Å². The molecule has 58 valence electrons. The van der Waals surface area contributed by atoms with Crippen molar-refractivity contribution in [2.24, 2.45) is 0 Å². The zero-order chi connectivity index (χ0) is 7.78. The van der Waals surface area contributed by atoms with Crippen LogP contribution in [-0.4, -0.2) is 17.9 Å². The predicted molar refractivity (Wildman–Crippen MR) is 31.8 cm³/mol. The third-order valence-corrected chi connectivity index (χ3v) is 1.65. The van der Waals surface area contributed by atoms with Gasteiger partial charge < -0.3 is 5.32 Å². The highest BCUT2D eigenvalue weighted by atomic mass is 19.3. The summed E-state index contributed by atoms with van der Waals surface area (Å²) < 4.78 is 24.7. The Kier molecular flexibility index (Phi) is 1.62. The van der Waals surface area contributed by atoms with E-state index in [9.17, 15) is 13.6 Å². The average Bonchev–Trinajstić information content (AvgIpc) is 1.81. The second-order valence-electron chi connectivity index (χ2n) is 2.55. The Bertz CT molecular complexity index is 158. The molecular weight excluding hydrogens is 140 g/mol. The molecule has 0 heterocycles. The highest BCUT2D eigenvalue weighted by Gasteiger charge is 2.48. The summed E-state index contributed by atoms with van der Waals surface area (Å²) in [4.78, 5) is 10.3. The van der Waals surface area contributed by atoms with Crippen molar-refractivity contribution in [3.8, 4) is 0 Å². The molecule has 0 bridgehead atoms. The average molecular weight is 149 g/mol. The molecule has 1 aliphatic carbocycles. The maximum atomic E-state index is 12.3. The minimum atomic E-state index is -2.66. The summed E-state index contributed by atoms with van der Waals surface area (Å²) in [5.74, 6) is -3.05. The van der Waals surface area contributed by atoms with Gasteiger partial charge in [-0.05, 0) is 6.42 Å². The first-order valence-electron chi connectivity index (χ1n) is 3.17. The lowest BCUT2D eigenvalue weighted by molar-refractivity contribution is -0.134. The van der Waals surface area contributed by atoms with E-state index in [-0.39, 0.29) is 12.3 Å². The Balaban J connectivity index is 2.37. The number of hydrogen-bond donors (Lipinski definition) is 1. The van der Waals surface area contributed by atoms with Crippen molar-refractivity contribution in [2.45, 2.75) is 31.7 Å². The van der Waals surface area contributed by atoms with E-state index in [1.807, 2.05) is 0 Å². The number of carbonyl (C=O) groups is 1. The molecule has 4 heteroatoms. The summed E-state index contributed by atoms with van der Waals surface area (Å²) in [6.07, 6.45) is 0.296. The van der Waals surface area contributed by atoms with Crippen molar-refractivity contribution in [3.63, 3.8) is 0 Å². The van der Waals surface area contributed by atoms with Gasteiger partial charge in [-0.25, -0.2) is 8.78 Å². The molecule has 0 radical (unpaired) electrons. The first kappa shape index (κ1) is 7.44. The Morgan fingerprint density at radius 2 is 2.30 bits per heavy atom. The van der Waals surface area contributed by atoms with Crippen LogP contribution >= 0.6 is 0 Å². The van der Waals surface area contributed by atoms with E-state index >= 15 is 0 Å². The molecule has 0 spiro atoms. The molecule has 0 aliphatic heterocycles. The largest absolute Gasteiger partial charge is 0.348 e. The summed E-state index contributed by atoms with van der Waals surface area (Å²) in [5.41, 5.74) is 0. The van der Waals surface area contributed by atoms with E-state index < -0.39 is 12.0 Å². The molecule has 1 atom stereocenters. The van der Waals surface area contributed by atoms with Gasteiger partial charge in [0.25, 0.3) is 5.92 Å². The van der Waals surface area contributed by atoms with Gasteiger partial charge >= 0.3 is 0 Å². The topological polar surface area (TPSA) is 29.1 Å². The summed E-state index contributed by atoms with van der Waals surface area (Å²) in [6, 6.07) is -0.912. The first-order valence-corrected chi connectivity index (χ1v) is 3.17. The molecule has 1 rings (SSSR count). The van der Waals surface area contributed by atoms with Crippen LogP contribution in [0.3, 0.4) is 0 Å². The molecule has 10 heavy (non-hydrogen) atoms. The SMILES string of the molecule is CC(=O)NC1CCC1(F)F. The molecule has 2 nitrogen and oxygen atoms in total. The Hall–Kier alpha value is -0.670. The highest BCUT2D eigenvalue weighted by molar-refractivity contribution is 5.73. The van der Waals surface area contributed by atoms with Crippen LogP contribution in [0.15, 0.2) is 0 Å².